The summed E-state index contributed by atoms with van der Waals surface area (Å²) in [7, 11) is 0. The molecule has 0 aliphatic carbocycles. The Bertz CT molecular complexity index is 5010. The van der Waals surface area contributed by atoms with E-state index in [0.29, 0.717) is 0 Å². The summed E-state index contributed by atoms with van der Waals surface area (Å²) in [4.78, 5) is 10.9. The second-order valence-electron chi connectivity index (χ2n) is 30.6. The first-order valence-corrected chi connectivity index (χ1v) is 35.0. The first-order chi connectivity index (χ1) is 44.7. The Balaban J connectivity index is 1.05. The van der Waals surface area contributed by atoms with E-state index in [9.17, 15) is 0 Å². The van der Waals surface area contributed by atoms with Gasteiger partial charge in [0.25, 0.3) is 0 Å². The first kappa shape index (κ1) is 57.6. The predicted molar refractivity (Wildman–Crippen MR) is 402 cm³/mol. The van der Waals surface area contributed by atoms with E-state index < -0.39 is 0 Å². The first-order valence-electron chi connectivity index (χ1n) is 33.3. The molecule has 0 saturated heterocycles. The van der Waals surface area contributed by atoms with Gasteiger partial charge in [-0.05, 0) is 0 Å². The minimum atomic E-state index is -0.149. The third-order valence-corrected chi connectivity index (χ3v) is 23.2. The normalized spacial score (nSPS) is 14.1. The standard InChI is InChI=1S/C86H76B2N4Se/c1-83(2,3)59-33-39-63(40-34-59)89-69-46-38-61(85(7,8)9)51-68(69)88-67-45-44-66-77-78(67)92(74-50-57(47-71(89)76(74)88)53-25-17-13-18-26-53)80-79(81(55-29-21-15-22-30-55)93-82(80)56-31-23-16-24-32-56)91(77)73-49-58(54-27-19-14-20-28-54)48-72-75(73)87(66)65-43-37-62(86(10,11)12)52-70(65)90(72)64-41-35-60(36-42-64)84(4,5)6/h13-52H,1-12H3. The van der Waals surface area contributed by atoms with Crippen molar-refractivity contribution < 1.29 is 0 Å². The quantitative estimate of drug-likeness (QED) is 0.154. The van der Waals surface area contributed by atoms with Gasteiger partial charge in [0.2, 0.25) is 0 Å². The molecule has 1 aromatic heterocycles. The summed E-state index contributed by atoms with van der Waals surface area (Å²) in [5.74, 6) is 0. The van der Waals surface area contributed by atoms with Crippen molar-refractivity contribution in [2.24, 2.45) is 0 Å². The van der Waals surface area contributed by atoms with Crippen molar-refractivity contribution in [2.45, 2.75) is 105 Å². The van der Waals surface area contributed by atoms with Crippen LogP contribution in [0.2, 0.25) is 0 Å². The SMILES string of the molecule is CC(C)(C)c1ccc(N2c3ccc(C(C)(C)C)cc3B3c4ccc5c6c4N(c4cc(-c7ccccc7)cc2c43)c2c(-c3ccccc3)[se]c(-c3ccccc3)c2N6c2cc(-c3ccccc3)cc3c2B5c2ccc(C(C)(C)C)cc2N3c2ccc(C(C)(C)C)cc2)cc1. The molecule has 0 N–H and O–H groups in total. The van der Waals surface area contributed by atoms with Crippen LogP contribution in [-0.2, 0) is 21.7 Å². The van der Waals surface area contributed by atoms with E-state index in [1.54, 1.807) is 0 Å². The predicted octanol–water partition coefficient (Wildman–Crippen LogP) is 19.1. The number of hydrogen-bond donors (Lipinski definition) is 0. The van der Waals surface area contributed by atoms with Gasteiger partial charge in [-0.25, -0.2) is 0 Å². The molecular formula is C86H76B2N4Se. The number of nitrogens with zero attached hydrogens (tertiary/aromatic N) is 4. The summed E-state index contributed by atoms with van der Waals surface area (Å²) >= 11 is -0.149. The van der Waals surface area contributed by atoms with E-state index >= 15 is 0 Å². The van der Waals surface area contributed by atoms with Crippen molar-refractivity contribution in [1.29, 1.82) is 0 Å². The summed E-state index contributed by atoms with van der Waals surface area (Å²) in [6, 6.07) is 94.4. The van der Waals surface area contributed by atoms with E-state index in [-0.39, 0.29) is 49.6 Å². The molecule has 4 nitrogen and oxygen atoms in total. The molecule has 0 fully saturated rings. The summed E-state index contributed by atoms with van der Waals surface area (Å²) in [5.41, 5.74) is 35.1. The molecule has 0 saturated carbocycles. The molecule has 11 aromatic carbocycles. The number of fused-ring (bicyclic) bond motifs is 11. The van der Waals surface area contributed by atoms with E-state index in [1.165, 1.54) is 154 Å². The zero-order valence-electron chi connectivity index (χ0n) is 55.4. The van der Waals surface area contributed by atoms with Crippen LogP contribution in [0.1, 0.15) is 105 Å². The van der Waals surface area contributed by atoms with E-state index in [1.807, 2.05) is 0 Å². The van der Waals surface area contributed by atoms with Gasteiger partial charge in [-0.2, -0.15) is 0 Å². The van der Waals surface area contributed by atoms with Crippen LogP contribution >= 0.6 is 0 Å². The Morgan fingerprint density at radius 3 is 0.989 bits per heavy atom. The molecule has 0 amide bonds. The molecule has 93 heavy (non-hydrogen) atoms. The molecule has 452 valence electrons. The van der Waals surface area contributed by atoms with Crippen molar-refractivity contribution in [3.05, 3.63) is 265 Å². The average Bonchev–Trinajstić information content (AvgIpc) is 1.62. The number of hydrogen-bond acceptors (Lipinski definition) is 4. The Labute approximate surface area is 556 Å². The van der Waals surface area contributed by atoms with Gasteiger partial charge in [-0.1, -0.05) is 41.5 Å². The topological polar surface area (TPSA) is 13.0 Å². The van der Waals surface area contributed by atoms with Crippen molar-refractivity contribution in [2.75, 3.05) is 19.6 Å². The molecule has 17 rings (SSSR count). The van der Waals surface area contributed by atoms with Gasteiger partial charge in [-0.15, -0.1) is 0 Å². The van der Waals surface area contributed by atoms with Crippen LogP contribution in [0.4, 0.5) is 68.2 Å². The summed E-state index contributed by atoms with van der Waals surface area (Å²) in [6.07, 6.45) is 0. The van der Waals surface area contributed by atoms with E-state index in [4.69, 9.17) is 0 Å². The Morgan fingerprint density at radius 1 is 0.247 bits per heavy atom. The molecule has 12 aromatic rings. The Kier molecular flexibility index (Phi) is 12.8. The van der Waals surface area contributed by atoms with Crippen LogP contribution in [0.15, 0.2) is 243 Å². The monoisotopic (exact) mass is 1270 g/mol. The van der Waals surface area contributed by atoms with Crippen molar-refractivity contribution in [3.63, 3.8) is 0 Å². The van der Waals surface area contributed by atoms with Crippen LogP contribution in [0.25, 0.3) is 42.3 Å². The third-order valence-electron chi connectivity index (χ3n) is 20.6. The van der Waals surface area contributed by atoms with Gasteiger partial charge in [0.05, 0.1) is 0 Å². The molecule has 0 atom stereocenters. The fourth-order valence-electron chi connectivity index (χ4n) is 15.7. The van der Waals surface area contributed by atoms with Crippen LogP contribution < -0.4 is 52.4 Å². The molecule has 0 bridgehead atoms. The van der Waals surface area contributed by atoms with Crippen LogP contribution in [0.3, 0.4) is 0 Å². The summed E-state index contributed by atoms with van der Waals surface area (Å²) < 4.78 is 2.76. The fourth-order valence-corrected chi connectivity index (χ4v) is 18.4. The second kappa shape index (κ2) is 20.6. The zero-order valence-corrected chi connectivity index (χ0v) is 57.2. The molecule has 7 heteroatoms. The molecule has 5 aliphatic rings. The van der Waals surface area contributed by atoms with E-state index in [2.05, 4.69) is 345 Å². The molecule has 5 aliphatic heterocycles. The van der Waals surface area contributed by atoms with Gasteiger partial charge in [0.1, 0.15) is 0 Å². The number of anilines is 12. The summed E-state index contributed by atoms with van der Waals surface area (Å²) in [5, 5.41) is 0. The van der Waals surface area contributed by atoms with Crippen LogP contribution in [-0.4, -0.2) is 27.9 Å². The van der Waals surface area contributed by atoms with Crippen molar-refractivity contribution >= 4 is 129 Å². The fraction of sp³-hybridized carbons (Fsp3) is 0.186. The molecule has 0 radical (unpaired) electrons. The molecule has 0 unspecified atom stereocenters. The Hall–Kier alpha value is -9.25. The van der Waals surface area contributed by atoms with E-state index in [0.717, 1.165) is 11.4 Å². The van der Waals surface area contributed by atoms with Crippen LogP contribution in [0, 0.1) is 0 Å². The summed E-state index contributed by atoms with van der Waals surface area (Å²) in [6.45, 7) is 27.9. The van der Waals surface area contributed by atoms with Gasteiger partial charge in [0.15, 0.2) is 0 Å². The average molecular weight is 1270 g/mol. The Morgan fingerprint density at radius 2 is 0.581 bits per heavy atom. The minimum absolute atomic E-state index is 0.00275. The third kappa shape index (κ3) is 8.93. The van der Waals surface area contributed by atoms with Crippen LogP contribution in [0.5, 0.6) is 0 Å². The molecule has 0 spiro atoms. The molecular weight excluding hydrogens is 1190 g/mol. The van der Waals surface area contributed by atoms with Gasteiger partial charge >= 0.3 is 519 Å². The van der Waals surface area contributed by atoms with Crippen molar-refractivity contribution in [1.82, 2.24) is 0 Å². The number of benzene rings is 11. The van der Waals surface area contributed by atoms with Crippen molar-refractivity contribution in [3.8, 4) is 42.3 Å². The maximum atomic E-state index is 2.82. The second-order valence-corrected chi connectivity index (χ2v) is 32.7. The maximum absolute atomic E-state index is 2.82. The van der Waals surface area contributed by atoms with Gasteiger partial charge in [0, 0.05) is 0 Å². The van der Waals surface area contributed by atoms with Gasteiger partial charge < -0.3 is 0 Å². The number of rotatable bonds is 6. The van der Waals surface area contributed by atoms with Gasteiger partial charge in [-0.3, -0.25) is 0 Å². The molecule has 6 heterocycles. The zero-order chi connectivity index (χ0) is 63.8.